The molecule has 4 heteroatoms. The fraction of sp³-hybridized carbons (Fsp3) is 0.667. The lowest BCUT2D eigenvalue weighted by atomic mass is 9.88. The highest BCUT2D eigenvalue weighted by Crippen LogP contribution is 2.29. The summed E-state index contributed by atoms with van der Waals surface area (Å²) < 4.78 is 5.01. The number of hydrogen-bond acceptors (Lipinski definition) is 2. The second-order valence-electron chi connectivity index (χ2n) is 3.41. The molecule has 0 unspecified atom stereocenters. The molecule has 1 N–H and O–H groups in total. The number of alkyl halides is 1. The van der Waals surface area contributed by atoms with Gasteiger partial charge in [0.15, 0.2) is 0 Å². The van der Waals surface area contributed by atoms with Gasteiger partial charge in [-0.05, 0) is 19.8 Å². The van der Waals surface area contributed by atoms with E-state index in [1.165, 1.54) is 7.11 Å². The summed E-state index contributed by atoms with van der Waals surface area (Å²) in [6.07, 6.45) is 5.78. The van der Waals surface area contributed by atoms with Crippen molar-refractivity contribution in [3.63, 3.8) is 0 Å². The summed E-state index contributed by atoms with van der Waals surface area (Å²) in [6.45, 7) is 2.05. The number of carbonyl (C=O) groups is 1. The third-order valence-electron chi connectivity index (χ3n) is 2.32. The monoisotopic (exact) mass is 295 g/mol. The first-order chi connectivity index (χ1) is 6.08. The van der Waals surface area contributed by atoms with E-state index in [1.54, 1.807) is 0 Å². The first-order valence-corrected chi connectivity index (χ1v) is 5.48. The summed E-state index contributed by atoms with van der Waals surface area (Å²) in [6, 6.07) is 0. The van der Waals surface area contributed by atoms with E-state index in [2.05, 4.69) is 44.8 Å². The number of nitrogens with one attached hydrogen (secondary N) is 1. The highest BCUT2D eigenvalue weighted by Gasteiger charge is 2.34. The fourth-order valence-corrected chi connectivity index (χ4v) is 2.05. The van der Waals surface area contributed by atoms with Crippen LogP contribution in [0.1, 0.15) is 19.8 Å². The normalized spacial score (nSPS) is 32.7. The number of methoxy groups -OCH3 is 1. The Morgan fingerprint density at radius 2 is 2.38 bits per heavy atom. The fourth-order valence-electron chi connectivity index (χ4n) is 1.35. The molecular weight excluding hydrogens is 281 g/mol. The first-order valence-electron chi connectivity index (χ1n) is 4.24. The molecule has 0 radical (unpaired) electrons. The van der Waals surface area contributed by atoms with Crippen LogP contribution in [0.5, 0.6) is 0 Å². The lowest BCUT2D eigenvalue weighted by Gasteiger charge is -2.36. The Bertz CT molecular complexity index is 230. The maximum absolute atomic E-state index is 11.1. The van der Waals surface area contributed by atoms with Crippen LogP contribution in [0.25, 0.3) is 0 Å². The zero-order chi connectivity index (χ0) is 9.90. The van der Waals surface area contributed by atoms with Crippen molar-refractivity contribution >= 4 is 28.7 Å². The molecule has 1 rings (SSSR count). The minimum absolute atomic E-state index is 0.164. The molecule has 0 aliphatic heterocycles. The van der Waals surface area contributed by atoms with Gasteiger partial charge < -0.3 is 10.1 Å². The molecule has 0 spiro atoms. The molecule has 0 fully saturated rings. The summed E-state index contributed by atoms with van der Waals surface area (Å²) >= 11 is 2.36. The number of ether oxygens (including phenoxy) is 1. The highest BCUT2D eigenvalue weighted by molar-refractivity contribution is 14.1. The van der Waals surface area contributed by atoms with E-state index in [0.29, 0.717) is 3.92 Å². The van der Waals surface area contributed by atoms with Gasteiger partial charge in [-0.1, -0.05) is 34.7 Å². The number of hydrogen-bond donors (Lipinski definition) is 1. The zero-order valence-electron chi connectivity index (χ0n) is 7.84. The van der Waals surface area contributed by atoms with Crippen LogP contribution in [0.4, 0.5) is 4.79 Å². The molecule has 74 valence electrons. The largest absolute Gasteiger partial charge is 0.453 e. The molecule has 1 aliphatic carbocycles. The number of allylic oxidation sites excluding steroid dienone is 1. The molecule has 0 bridgehead atoms. The van der Waals surface area contributed by atoms with Gasteiger partial charge in [-0.3, -0.25) is 0 Å². The Hall–Kier alpha value is -0.260. The number of amides is 1. The van der Waals surface area contributed by atoms with Crippen molar-refractivity contribution in [3.8, 4) is 0 Å². The Balaban J connectivity index is 2.63. The van der Waals surface area contributed by atoms with Crippen molar-refractivity contribution in [2.24, 2.45) is 0 Å². The van der Waals surface area contributed by atoms with Crippen LogP contribution in [0.3, 0.4) is 0 Å². The summed E-state index contributed by atoms with van der Waals surface area (Å²) in [5.74, 6) is 0. The Kier molecular flexibility index (Phi) is 3.58. The number of rotatable bonds is 1. The Morgan fingerprint density at radius 3 is 2.92 bits per heavy atom. The second kappa shape index (κ2) is 4.30. The summed E-state index contributed by atoms with van der Waals surface area (Å²) in [4.78, 5) is 11.1. The predicted molar refractivity (Wildman–Crippen MR) is 60.1 cm³/mol. The van der Waals surface area contributed by atoms with E-state index in [9.17, 15) is 4.79 Å². The van der Waals surface area contributed by atoms with Crippen molar-refractivity contribution < 1.29 is 9.53 Å². The number of halogens is 1. The summed E-state index contributed by atoms with van der Waals surface area (Å²) in [5.41, 5.74) is -0.164. The zero-order valence-corrected chi connectivity index (χ0v) is 10.00. The minimum atomic E-state index is -0.348. The highest BCUT2D eigenvalue weighted by atomic mass is 127. The van der Waals surface area contributed by atoms with E-state index in [1.807, 2.05) is 6.92 Å². The van der Waals surface area contributed by atoms with Crippen LogP contribution in [-0.2, 0) is 4.74 Å². The lowest BCUT2D eigenvalue weighted by molar-refractivity contribution is 0.157. The van der Waals surface area contributed by atoms with E-state index >= 15 is 0 Å². The average molecular weight is 295 g/mol. The average Bonchev–Trinajstić information content (AvgIpc) is 2.10. The Morgan fingerprint density at radius 1 is 1.69 bits per heavy atom. The van der Waals surface area contributed by atoms with Gasteiger partial charge in [0.05, 0.1) is 12.6 Å². The van der Waals surface area contributed by atoms with Gasteiger partial charge in [-0.15, -0.1) is 0 Å². The molecule has 0 aromatic heterocycles. The van der Waals surface area contributed by atoms with Crippen molar-refractivity contribution in [1.29, 1.82) is 0 Å². The van der Waals surface area contributed by atoms with E-state index in [4.69, 9.17) is 0 Å². The standard InChI is InChI=1S/C9H14INO2/c1-9(11-8(12)13-2)6-4-3-5-7(9)10/h3-4,7H,5-6H2,1-2H3,(H,11,12)/t7-,9-/m0/s1. The minimum Gasteiger partial charge on any atom is -0.453 e. The van der Waals surface area contributed by atoms with Crippen molar-refractivity contribution in [1.82, 2.24) is 5.32 Å². The van der Waals surface area contributed by atoms with Gasteiger partial charge in [0, 0.05) is 3.92 Å². The molecule has 2 atom stereocenters. The first kappa shape index (κ1) is 10.8. The van der Waals surface area contributed by atoms with Gasteiger partial charge >= 0.3 is 6.09 Å². The van der Waals surface area contributed by atoms with Crippen molar-refractivity contribution in [3.05, 3.63) is 12.2 Å². The van der Waals surface area contributed by atoms with Gasteiger partial charge in [0.2, 0.25) is 0 Å². The van der Waals surface area contributed by atoms with Crippen molar-refractivity contribution in [2.75, 3.05) is 7.11 Å². The molecule has 0 saturated heterocycles. The van der Waals surface area contributed by atoms with Gasteiger partial charge in [-0.25, -0.2) is 4.79 Å². The quantitative estimate of drug-likeness (QED) is 0.458. The molecular formula is C9H14INO2. The van der Waals surface area contributed by atoms with E-state index < -0.39 is 0 Å². The summed E-state index contributed by atoms with van der Waals surface area (Å²) in [7, 11) is 1.39. The summed E-state index contributed by atoms with van der Waals surface area (Å²) in [5, 5.41) is 2.87. The smallest absolute Gasteiger partial charge is 0.407 e. The number of carbonyl (C=O) groups excluding carboxylic acids is 1. The van der Waals surface area contributed by atoms with Crippen LogP contribution in [0, 0.1) is 0 Å². The SMILES string of the molecule is COC(=O)N[C@@]1(C)CC=CC[C@@H]1I. The second-order valence-corrected chi connectivity index (χ2v) is 4.92. The molecule has 1 amide bonds. The third kappa shape index (κ3) is 2.59. The topological polar surface area (TPSA) is 38.3 Å². The molecule has 0 aromatic rings. The van der Waals surface area contributed by atoms with Gasteiger partial charge in [-0.2, -0.15) is 0 Å². The lowest BCUT2D eigenvalue weighted by Crippen LogP contribution is -2.52. The Labute approximate surface area is 92.1 Å². The molecule has 0 saturated carbocycles. The molecule has 3 nitrogen and oxygen atoms in total. The van der Waals surface area contributed by atoms with Crippen molar-refractivity contribution in [2.45, 2.75) is 29.2 Å². The predicted octanol–water partition coefficient (Wildman–Crippen LogP) is 2.25. The van der Waals surface area contributed by atoms with Gasteiger partial charge in [0.1, 0.15) is 0 Å². The van der Waals surface area contributed by atoms with Crippen LogP contribution in [0.2, 0.25) is 0 Å². The van der Waals surface area contributed by atoms with Crippen LogP contribution in [-0.4, -0.2) is 22.7 Å². The molecule has 0 heterocycles. The number of alkyl carbamates (subject to hydrolysis) is 1. The maximum Gasteiger partial charge on any atom is 0.407 e. The van der Waals surface area contributed by atoms with E-state index in [0.717, 1.165) is 12.8 Å². The molecule has 13 heavy (non-hydrogen) atoms. The maximum atomic E-state index is 11.1. The van der Waals surface area contributed by atoms with E-state index in [-0.39, 0.29) is 11.6 Å². The van der Waals surface area contributed by atoms with Crippen LogP contribution in [0.15, 0.2) is 12.2 Å². The molecule has 1 aliphatic rings. The molecule has 0 aromatic carbocycles. The van der Waals surface area contributed by atoms with Crippen LogP contribution >= 0.6 is 22.6 Å². The third-order valence-corrected chi connectivity index (χ3v) is 4.20. The van der Waals surface area contributed by atoms with Crippen LogP contribution < -0.4 is 5.32 Å². The van der Waals surface area contributed by atoms with Gasteiger partial charge in [0.25, 0.3) is 0 Å².